The molecule has 0 bridgehead atoms. The Morgan fingerprint density at radius 1 is 1.04 bits per heavy atom. The van der Waals surface area contributed by atoms with Gasteiger partial charge in [0, 0.05) is 38.1 Å². The first-order valence-corrected chi connectivity index (χ1v) is 9.16. The van der Waals surface area contributed by atoms with Crippen LogP contribution < -0.4 is 15.0 Å². The van der Waals surface area contributed by atoms with Crippen molar-refractivity contribution >= 4 is 17.4 Å². The van der Waals surface area contributed by atoms with Crippen LogP contribution in [0.4, 0.5) is 16.2 Å². The molecule has 0 spiro atoms. The summed E-state index contributed by atoms with van der Waals surface area (Å²) in [4.78, 5) is 16.5. The van der Waals surface area contributed by atoms with E-state index >= 15 is 0 Å². The lowest BCUT2D eigenvalue weighted by atomic mass is 10.1. The van der Waals surface area contributed by atoms with Gasteiger partial charge in [0.15, 0.2) is 0 Å². The normalized spacial score (nSPS) is 14.0. The number of rotatable bonds is 5. The van der Waals surface area contributed by atoms with Gasteiger partial charge in [0.25, 0.3) is 0 Å². The molecule has 3 rings (SSSR count). The van der Waals surface area contributed by atoms with Crippen molar-refractivity contribution in [3.05, 3.63) is 54.1 Å². The minimum atomic E-state index is -0.129. The van der Waals surface area contributed by atoms with Crippen molar-refractivity contribution in [1.82, 2.24) is 4.90 Å². The largest absolute Gasteiger partial charge is 0.497 e. The summed E-state index contributed by atoms with van der Waals surface area (Å²) in [5, 5.41) is 2.90. The van der Waals surface area contributed by atoms with Crippen LogP contribution in [0.2, 0.25) is 0 Å². The number of nitrogens with one attached hydrogen (secondary N) is 1. The van der Waals surface area contributed by atoms with Gasteiger partial charge in [0.2, 0.25) is 0 Å². The van der Waals surface area contributed by atoms with Crippen molar-refractivity contribution in [2.24, 2.45) is 0 Å². The molecule has 0 aromatic heterocycles. The first kappa shape index (κ1) is 18.1. The van der Waals surface area contributed by atoms with Crippen LogP contribution in [0.25, 0.3) is 0 Å². The average molecular weight is 353 g/mol. The zero-order valence-electron chi connectivity index (χ0n) is 15.6. The maximum atomic E-state index is 12.4. The third kappa shape index (κ3) is 4.69. The molecule has 26 heavy (non-hydrogen) atoms. The van der Waals surface area contributed by atoms with Crippen molar-refractivity contribution in [3.63, 3.8) is 0 Å². The van der Waals surface area contributed by atoms with Crippen LogP contribution in [0.15, 0.2) is 48.5 Å². The number of ether oxygens (including phenoxy) is 1. The number of urea groups is 1. The van der Waals surface area contributed by atoms with Crippen LogP contribution in [0.1, 0.15) is 24.8 Å². The van der Waals surface area contributed by atoms with Crippen LogP contribution in [0.5, 0.6) is 5.75 Å². The molecule has 0 unspecified atom stereocenters. The number of carbonyl (C=O) groups is 1. The van der Waals surface area contributed by atoms with Crippen molar-refractivity contribution in [3.8, 4) is 5.75 Å². The number of piperidine rings is 1. The highest BCUT2D eigenvalue weighted by molar-refractivity contribution is 5.89. The summed E-state index contributed by atoms with van der Waals surface area (Å²) in [6.45, 7) is 2.86. The van der Waals surface area contributed by atoms with E-state index in [9.17, 15) is 4.79 Å². The standard InChI is InChI=1S/C21H27N3O2/c1-23(21(25)22-18-8-12-20(26-2)13-9-18)16-17-6-10-19(11-7-17)24-14-4-3-5-15-24/h6-13H,3-5,14-16H2,1-2H3,(H,22,25). The number of anilines is 2. The molecule has 0 atom stereocenters. The third-order valence-electron chi connectivity index (χ3n) is 4.77. The van der Waals surface area contributed by atoms with Crippen LogP contribution in [0.3, 0.4) is 0 Å². The predicted octanol–water partition coefficient (Wildman–Crippen LogP) is 4.35. The Balaban J connectivity index is 1.54. The van der Waals surface area contributed by atoms with Crippen molar-refractivity contribution in [1.29, 1.82) is 0 Å². The van der Waals surface area contributed by atoms with Crippen LogP contribution in [0, 0.1) is 0 Å². The lowest BCUT2D eigenvalue weighted by Crippen LogP contribution is -2.31. The maximum absolute atomic E-state index is 12.4. The van der Waals surface area contributed by atoms with Gasteiger partial charge in [0.1, 0.15) is 5.75 Å². The van der Waals surface area contributed by atoms with Crippen LogP contribution in [-0.4, -0.2) is 38.2 Å². The Hall–Kier alpha value is -2.69. The molecule has 2 aromatic carbocycles. The molecule has 1 saturated heterocycles. The fourth-order valence-electron chi connectivity index (χ4n) is 3.20. The number of carbonyl (C=O) groups excluding carboxylic acids is 1. The summed E-state index contributed by atoms with van der Waals surface area (Å²) in [6.07, 6.45) is 3.88. The Kier molecular flexibility index (Phi) is 6.00. The maximum Gasteiger partial charge on any atom is 0.321 e. The number of nitrogens with zero attached hydrogens (tertiary/aromatic N) is 2. The summed E-state index contributed by atoms with van der Waals surface area (Å²) < 4.78 is 5.13. The van der Waals surface area contributed by atoms with Crippen molar-refractivity contribution in [2.45, 2.75) is 25.8 Å². The molecule has 1 aliphatic rings. The number of hydrogen-bond donors (Lipinski definition) is 1. The first-order valence-electron chi connectivity index (χ1n) is 9.16. The van der Waals surface area contributed by atoms with Crippen LogP contribution in [-0.2, 0) is 6.54 Å². The Morgan fingerprint density at radius 2 is 1.69 bits per heavy atom. The van der Waals surface area contributed by atoms with Gasteiger partial charge in [-0.3, -0.25) is 0 Å². The van der Waals surface area contributed by atoms with E-state index in [2.05, 4.69) is 34.5 Å². The van der Waals surface area contributed by atoms with Gasteiger partial charge >= 0.3 is 6.03 Å². The molecule has 138 valence electrons. The molecule has 5 heteroatoms. The SMILES string of the molecule is COc1ccc(NC(=O)N(C)Cc2ccc(N3CCCCC3)cc2)cc1. The minimum absolute atomic E-state index is 0.129. The summed E-state index contributed by atoms with van der Waals surface area (Å²) in [6, 6.07) is 15.7. The summed E-state index contributed by atoms with van der Waals surface area (Å²) in [7, 11) is 3.43. The highest BCUT2D eigenvalue weighted by Crippen LogP contribution is 2.21. The predicted molar refractivity (Wildman–Crippen MR) is 106 cm³/mol. The molecular formula is C21H27N3O2. The van der Waals surface area contributed by atoms with Crippen LogP contribution >= 0.6 is 0 Å². The number of benzene rings is 2. The molecule has 5 nitrogen and oxygen atoms in total. The van der Waals surface area contributed by atoms with Gasteiger partial charge in [-0.25, -0.2) is 4.79 Å². The highest BCUT2D eigenvalue weighted by Gasteiger charge is 2.12. The molecule has 2 amide bonds. The summed E-state index contributed by atoms with van der Waals surface area (Å²) in [5.41, 5.74) is 3.15. The fourth-order valence-corrected chi connectivity index (χ4v) is 3.20. The van der Waals surface area contributed by atoms with Crippen molar-refractivity contribution < 1.29 is 9.53 Å². The Bertz CT molecular complexity index is 707. The smallest absolute Gasteiger partial charge is 0.321 e. The van der Waals surface area contributed by atoms with E-state index < -0.39 is 0 Å². The highest BCUT2D eigenvalue weighted by atomic mass is 16.5. The second kappa shape index (κ2) is 8.61. The summed E-state index contributed by atoms with van der Waals surface area (Å²) in [5.74, 6) is 0.769. The van der Waals surface area contributed by atoms with Gasteiger partial charge in [-0.15, -0.1) is 0 Å². The second-order valence-corrected chi connectivity index (χ2v) is 6.73. The van der Waals surface area contributed by atoms with Gasteiger partial charge in [-0.2, -0.15) is 0 Å². The quantitative estimate of drug-likeness (QED) is 0.869. The van der Waals surface area contributed by atoms with E-state index in [4.69, 9.17) is 4.74 Å². The Labute approximate surface area is 155 Å². The number of methoxy groups -OCH3 is 1. The molecule has 0 radical (unpaired) electrons. The molecule has 1 fully saturated rings. The lowest BCUT2D eigenvalue weighted by molar-refractivity contribution is 0.220. The number of hydrogen-bond acceptors (Lipinski definition) is 3. The minimum Gasteiger partial charge on any atom is -0.497 e. The van der Waals surface area contributed by atoms with E-state index in [0.29, 0.717) is 6.54 Å². The molecule has 2 aromatic rings. The third-order valence-corrected chi connectivity index (χ3v) is 4.77. The lowest BCUT2D eigenvalue weighted by Gasteiger charge is -2.29. The van der Waals surface area contributed by atoms with Gasteiger partial charge in [0.05, 0.1) is 7.11 Å². The van der Waals surface area contributed by atoms with E-state index in [1.807, 2.05) is 24.3 Å². The van der Waals surface area contributed by atoms with Crippen molar-refractivity contribution in [2.75, 3.05) is 37.5 Å². The van der Waals surface area contributed by atoms with Gasteiger partial charge < -0.3 is 19.9 Å². The Morgan fingerprint density at radius 3 is 2.31 bits per heavy atom. The van der Waals surface area contributed by atoms with Gasteiger partial charge in [-0.05, 0) is 61.2 Å². The number of amides is 2. The monoisotopic (exact) mass is 353 g/mol. The average Bonchev–Trinajstić information content (AvgIpc) is 2.70. The van der Waals surface area contributed by atoms with E-state index in [1.54, 1.807) is 19.1 Å². The molecular weight excluding hydrogens is 326 g/mol. The molecule has 1 aliphatic heterocycles. The zero-order chi connectivity index (χ0) is 18.4. The van der Waals surface area contributed by atoms with Gasteiger partial charge in [-0.1, -0.05) is 12.1 Å². The zero-order valence-corrected chi connectivity index (χ0v) is 15.6. The fraction of sp³-hybridized carbons (Fsp3) is 0.381. The van der Waals surface area contributed by atoms with E-state index in [-0.39, 0.29) is 6.03 Å². The molecule has 0 aliphatic carbocycles. The van der Waals surface area contributed by atoms with E-state index in [1.165, 1.54) is 24.9 Å². The molecule has 1 heterocycles. The first-order chi connectivity index (χ1) is 12.7. The molecule has 1 N–H and O–H groups in total. The van der Waals surface area contributed by atoms with E-state index in [0.717, 1.165) is 30.1 Å². The molecule has 0 saturated carbocycles. The second-order valence-electron chi connectivity index (χ2n) is 6.73. The summed E-state index contributed by atoms with van der Waals surface area (Å²) >= 11 is 0. The topological polar surface area (TPSA) is 44.8 Å².